The zero-order valence-corrected chi connectivity index (χ0v) is 8.96. The third-order valence-corrected chi connectivity index (χ3v) is 1.08. The molecule has 0 bridgehead atoms. The largest absolute Gasteiger partial charge is 0.384 e. The van der Waals surface area contributed by atoms with Gasteiger partial charge in [0.1, 0.15) is 5.84 Å². The van der Waals surface area contributed by atoms with Crippen LogP contribution in [0, 0.1) is 5.41 Å². The minimum atomic E-state index is 0.121. The van der Waals surface area contributed by atoms with Crippen LogP contribution in [0.2, 0.25) is 0 Å². The Morgan fingerprint density at radius 2 is 1.38 bits per heavy atom. The number of nitrogens with one attached hydrogen (secondary N) is 1. The molecule has 0 atom stereocenters. The fraction of sp³-hybridized carbons (Fsp3) is 0.364. The van der Waals surface area contributed by atoms with E-state index in [1.165, 1.54) is 0 Å². The summed E-state index contributed by atoms with van der Waals surface area (Å²) in [4.78, 5) is 0. The summed E-state index contributed by atoms with van der Waals surface area (Å²) in [5.41, 5.74) is 5.97. The van der Waals surface area contributed by atoms with E-state index in [9.17, 15) is 0 Å². The summed E-state index contributed by atoms with van der Waals surface area (Å²) in [6.45, 7) is 8.00. The van der Waals surface area contributed by atoms with Gasteiger partial charge in [-0.15, -0.1) is 0 Å². The van der Waals surface area contributed by atoms with Crippen LogP contribution in [-0.4, -0.2) is 5.84 Å². The summed E-state index contributed by atoms with van der Waals surface area (Å²) < 4.78 is 0. The van der Waals surface area contributed by atoms with Gasteiger partial charge in [0.05, 0.1) is 0 Å². The first-order chi connectivity index (χ1) is 6.30. The topological polar surface area (TPSA) is 49.9 Å². The van der Waals surface area contributed by atoms with E-state index < -0.39 is 0 Å². The van der Waals surface area contributed by atoms with Gasteiger partial charge in [-0.2, -0.15) is 0 Å². The maximum Gasteiger partial charge on any atom is 0.122 e. The van der Waals surface area contributed by atoms with E-state index in [4.69, 9.17) is 11.1 Å². The second kappa shape index (κ2) is 10.7. The van der Waals surface area contributed by atoms with E-state index in [1.54, 1.807) is 0 Å². The highest BCUT2D eigenvalue weighted by Gasteiger charge is 1.89. The van der Waals surface area contributed by atoms with Crippen LogP contribution in [0.4, 0.5) is 0 Å². The van der Waals surface area contributed by atoms with Gasteiger partial charge in [0.25, 0.3) is 0 Å². The smallest absolute Gasteiger partial charge is 0.122 e. The molecular formula is C11H20N2. The number of rotatable bonds is 1. The quantitative estimate of drug-likeness (QED) is 0.506. The van der Waals surface area contributed by atoms with E-state index in [1.807, 2.05) is 58.0 Å². The second-order valence-electron chi connectivity index (χ2n) is 1.78. The van der Waals surface area contributed by atoms with Gasteiger partial charge in [-0.1, -0.05) is 58.0 Å². The highest BCUT2D eigenvalue weighted by molar-refractivity contribution is 5.94. The molecule has 74 valence electrons. The normalized spacial score (nSPS) is 7.08. The minimum absolute atomic E-state index is 0.121. The van der Waals surface area contributed by atoms with Crippen molar-refractivity contribution >= 4 is 5.84 Å². The fourth-order valence-electron chi connectivity index (χ4n) is 0.618. The Balaban J connectivity index is 0. The van der Waals surface area contributed by atoms with Crippen molar-refractivity contribution in [3.63, 3.8) is 0 Å². The molecule has 0 radical (unpaired) electrons. The molecule has 0 saturated carbocycles. The van der Waals surface area contributed by atoms with Crippen molar-refractivity contribution in [3.05, 3.63) is 35.9 Å². The second-order valence-corrected chi connectivity index (χ2v) is 1.78. The Hall–Kier alpha value is -1.31. The highest BCUT2D eigenvalue weighted by atomic mass is 14.7. The van der Waals surface area contributed by atoms with E-state index in [2.05, 4.69) is 0 Å². The molecule has 1 aromatic carbocycles. The lowest BCUT2D eigenvalue weighted by molar-refractivity contribution is 1.42. The number of amidine groups is 1. The van der Waals surface area contributed by atoms with E-state index in [0.717, 1.165) is 5.56 Å². The first-order valence-corrected chi connectivity index (χ1v) is 4.70. The van der Waals surface area contributed by atoms with Gasteiger partial charge in [0.15, 0.2) is 0 Å². The predicted molar refractivity (Wildman–Crippen MR) is 60.2 cm³/mol. The Labute approximate surface area is 81.3 Å². The van der Waals surface area contributed by atoms with Crippen molar-refractivity contribution in [2.24, 2.45) is 5.73 Å². The molecule has 2 nitrogen and oxygen atoms in total. The summed E-state index contributed by atoms with van der Waals surface area (Å²) in [7, 11) is 0. The van der Waals surface area contributed by atoms with Gasteiger partial charge < -0.3 is 5.73 Å². The van der Waals surface area contributed by atoms with Gasteiger partial charge in [-0.25, -0.2) is 0 Å². The standard InChI is InChI=1S/C7H8N2.2C2H6/c8-7(9)6-4-2-1-3-5-6;2*1-2/h1-5H,(H3,8,9);2*1-2H3. The summed E-state index contributed by atoms with van der Waals surface area (Å²) in [5.74, 6) is 0.121. The first-order valence-electron chi connectivity index (χ1n) is 4.70. The maximum absolute atomic E-state index is 7.01. The molecule has 0 fully saturated rings. The molecule has 0 amide bonds. The van der Waals surface area contributed by atoms with Gasteiger partial charge in [-0.05, 0) is 0 Å². The van der Waals surface area contributed by atoms with Crippen molar-refractivity contribution in [3.8, 4) is 0 Å². The van der Waals surface area contributed by atoms with Gasteiger partial charge in [0.2, 0.25) is 0 Å². The number of benzene rings is 1. The third-order valence-electron chi connectivity index (χ3n) is 1.08. The molecule has 0 heterocycles. The molecule has 2 heteroatoms. The van der Waals surface area contributed by atoms with Crippen LogP contribution < -0.4 is 5.73 Å². The number of nitrogens with two attached hydrogens (primary N) is 1. The van der Waals surface area contributed by atoms with Gasteiger partial charge in [0, 0.05) is 5.56 Å². The monoisotopic (exact) mass is 180 g/mol. The molecule has 1 rings (SSSR count). The molecule has 3 N–H and O–H groups in total. The van der Waals surface area contributed by atoms with Crippen LogP contribution in [0.3, 0.4) is 0 Å². The zero-order chi connectivity index (χ0) is 10.7. The van der Waals surface area contributed by atoms with E-state index >= 15 is 0 Å². The lowest BCUT2D eigenvalue weighted by atomic mass is 10.2. The van der Waals surface area contributed by atoms with Crippen molar-refractivity contribution < 1.29 is 0 Å². The van der Waals surface area contributed by atoms with E-state index in [0.29, 0.717) is 0 Å². The SMILES string of the molecule is CC.CC.N=C(N)c1ccccc1. The highest BCUT2D eigenvalue weighted by Crippen LogP contribution is 1.94. The molecule has 0 aliphatic carbocycles. The van der Waals surface area contributed by atoms with Crippen molar-refractivity contribution in [2.45, 2.75) is 27.7 Å². The van der Waals surface area contributed by atoms with Crippen LogP contribution in [0.15, 0.2) is 30.3 Å². The number of nitrogen functional groups attached to an aromatic ring is 1. The lowest BCUT2D eigenvalue weighted by Crippen LogP contribution is -2.10. The lowest BCUT2D eigenvalue weighted by Gasteiger charge is -1.93. The molecule has 0 saturated heterocycles. The Bertz CT molecular complexity index is 205. The summed E-state index contributed by atoms with van der Waals surface area (Å²) >= 11 is 0. The van der Waals surface area contributed by atoms with E-state index in [-0.39, 0.29) is 5.84 Å². The third kappa shape index (κ3) is 7.06. The van der Waals surface area contributed by atoms with Crippen molar-refractivity contribution in [2.75, 3.05) is 0 Å². The maximum atomic E-state index is 7.01. The van der Waals surface area contributed by atoms with Crippen LogP contribution in [0.25, 0.3) is 0 Å². The van der Waals surface area contributed by atoms with Crippen LogP contribution in [0.1, 0.15) is 33.3 Å². The average Bonchev–Trinajstić information content (AvgIpc) is 2.25. The summed E-state index contributed by atoms with van der Waals surface area (Å²) in [6, 6.07) is 9.23. The molecule has 13 heavy (non-hydrogen) atoms. The molecular weight excluding hydrogens is 160 g/mol. The summed E-state index contributed by atoms with van der Waals surface area (Å²) in [5, 5.41) is 7.01. The van der Waals surface area contributed by atoms with Crippen molar-refractivity contribution in [1.29, 1.82) is 5.41 Å². The van der Waals surface area contributed by atoms with Crippen LogP contribution in [-0.2, 0) is 0 Å². The van der Waals surface area contributed by atoms with Crippen LogP contribution >= 0.6 is 0 Å². The Kier molecular flexibility index (Phi) is 11.7. The number of hydrogen-bond donors (Lipinski definition) is 2. The van der Waals surface area contributed by atoms with Gasteiger partial charge >= 0.3 is 0 Å². The van der Waals surface area contributed by atoms with Gasteiger partial charge in [-0.3, -0.25) is 5.41 Å². The summed E-state index contributed by atoms with van der Waals surface area (Å²) in [6.07, 6.45) is 0. The first kappa shape index (κ1) is 14.2. The van der Waals surface area contributed by atoms with Crippen LogP contribution in [0.5, 0.6) is 0 Å². The number of hydrogen-bond acceptors (Lipinski definition) is 1. The Morgan fingerprint density at radius 3 is 1.62 bits per heavy atom. The molecule has 0 aliphatic rings. The molecule has 1 aromatic rings. The molecule has 0 aliphatic heterocycles. The predicted octanol–water partition coefficient (Wildman–Crippen LogP) is 3.02. The zero-order valence-electron chi connectivity index (χ0n) is 8.96. The fourth-order valence-corrected chi connectivity index (χ4v) is 0.618. The average molecular weight is 180 g/mol. The van der Waals surface area contributed by atoms with Crippen molar-refractivity contribution in [1.82, 2.24) is 0 Å². The minimum Gasteiger partial charge on any atom is -0.384 e. The molecule has 0 unspecified atom stereocenters. The molecule has 0 spiro atoms. The molecule has 0 aromatic heterocycles. The Morgan fingerprint density at radius 1 is 1.00 bits per heavy atom.